The number of carbonyl (C=O) groups is 1. The summed E-state index contributed by atoms with van der Waals surface area (Å²) in [6.07, 6.45) is 1.87. The number of amides is 1. The van der Waals surface area contributed by atoms with Crippen LogP contribution >= 0.6 is 0 Å². The zero-order chi connectivity index (χ0) is 16.8. The highest BCUT2D eigenvalue weighted by Gasteiger charge is 2.35. The van der Waals surface area contributed by atoms with E-state index in [4.69, 9.17) is 10.5 Å². The zero-order valence-corrected chi connectivity index (χ0v) is 13.8. The second kappa shape index (κ2) is 7.60. The highest BCUT2D eigenvalue weighted by atomic mass is 16.5. The van der Waals surface area contributed by atoms with Crippen LogP contribution in [0, 0.1) is 0 Å². The fourth-order valence-corrected chi connectivity index (χ4v) is 3.45. The molecule has 1 amide bonds. The van der Waals surface area contributed by atoms with E-state index in [9.17, 15) is 4.79 Å². The maximum Gasteiger partial charge on any atom is 0.239 e. The van der Waals surface area contributed by atoms with Crippen molar-refractivity contribution in [3.63, 3.8) is 0 Å². The Bertz CT molecular complexity index is 652. The van der Waals surface area contributed by atoms with Crippen molar-refractivity contribution in [2.45, 2.75) is 24.3 Å². The lowest BCUT2D eigenvalue weighted by molar-refractivity contribution is -0.120. The number of benzene rings is 2. The molecule has 1 fully saturated rings. The number of primary amides is 1. The second-order valence-electron chi connectivity index (χ2n) is 6.39. The molecule has 0 aliphatic carbocycles. The van der Waals surface area contributed by atoms with Gasteiger partial charge in [-0.3, -0.25) is 4.79 Å². The lowest BCUT2D eigenvalue weighted by Crippen LogP contribution is -2.46. The average Bonchev–Trinajstić information content (AvgIpc) is 2.64. The van der Waals surface area contributed by atoms with Crippen LogP contribution in [0.25, 0.3) is 0 Å². The second-order valence-corrected chi connectivity index (χ2v) is 6.39. The quantitative estimate of drug-likeness (QED) is 0.858. The van der Waals surface area contributed by atoms with Crippen LogP contribution in [0.4, 0.5) is 0 Å². The molecule has 1 aliphatic heterocycles. The Morgan fingerprint density at radius 2 is 1.62 bits per heavy atom. The number of nitrogens with two attached hydrogens (primary N) is 1. The van der Waals surface area contributed by atoms with Gasteiger partial charge >= 0.3 is 0 Å². The van der Waals surface area contributed by atoms with Gasteiger partial charge in [0.15, 0.2) is 0 Å². The Kier molecular flexibility index (Phi) is 5.28. The van der Waals surface area contributed by atoms with Crippen LogP contribution in [0.5, 0.6) is 0 Å². The minimum Gasteiger partial charge on any atom is -0.381 e. The topological polar surface area (TPSA) is 64.4 Å². The molecule has 3 N–H and O–H groups in total. The molecule has 4 heteroatoms. The van der Waals surface area contributed by atoms with Gasteiger partial charge in [0.25, 0.3) is 0 Å². The van der Waals surface area contributed by atoms with Crippen molar-refractivity contribution >= 4 is 5.91 Å². The minimum atomic E-state index is -0.477. The summed E-state index contributed by atoms with van der Waals surface area (Å²) in [4.78, 5) is 11.9. The first kappa shape index (κ1) is 16.7. The summed E-state index contributed by atoms with van der Waals surface area (Å²) in [7, 11) is 0. The average molecular weight is 324 g/mol. The molecule has 24 heavy (non-hydrogen) atoms. The van der Waals surface area contributed by atoms with Crippen LogP contribution in [0.2, 0.25) is 0 Å². The van der Waals surface area contributed by atoms with Gasteiger partial charge in [-0.15, -0.1) is 0 Å². The van der Waals surface area contributed by atoms with Gasteiger partial charge in [0.1, 0.15) is 6.04 Å². The van der Waals surface area contributed by atoms with Gasteiger partial charge in [-0.05, 0) is 24.0 Å². The molecule has 1 aliphatic rings. The van der Waals surface area contributed by atoms with Crippen molar-refractivity contribution in [3.8, 4) is 0 Å². The normalized spacial score (nSPS) is 18.0. The van der Waals surface area contributed by atoms with Crippen molar-refractivity contribution in [2.24, 2.45) is 5.73 Å². The molecule has 126 valence electrons. The maximum atomic E-state index is 11.9. The minimum absolute atomic E-state index is 0.0258. The summed E-state index contributed by atoms with van der Waals surface area (Å²) in [5, 5.41) is 3.41. The molecule has 1 saturated heterocycles. The Morgan fingerprint density at radius 1 is 1.04 bits per heavy atom. The number of hydrogen-bond donors (Lipinski definition) is 2. The van der Waals surface area contributed by atoms with E-state index in [1.54, 1.807) is 0 Å². The lowest BCUT2D eigenvalue weighted by atomic mass is 9.74. The first-order valence-corrected chi connectivity index (χ1v) is 8.42. The van der Waals surface area contributed by atoms with Gasteiger partial charge in [0.05, 0.1) is 0 Å². The molecule has 1 atom stereocenters. The van der Waals surface area contributed by atoms with E-state index in [2.05, 4.69) is 29.6 Å². The molecule has 1 unspecified atom stereocenters. The molecule has 1 heterocycles. The molecule has 0 radical (unpaired) electrons. The van der Waals surface area contributed by atoms with Gasteiger partial charge in [-0.25, -0.2) is 0 Å². The molecule has 0 bridgehead atoms. The van der Waals surface area contributed by atoms with Crippen molar-refractivity contribution in [1.82, 2.24) is 5.32 Å². The van der Waals surface area contributed by atoms with Crippen molar-refractivity contribution in [2.75, 3.05) is 19.8 Å². The molecule has 4 nitrogen and oxygen atoms in total. The van der Waals surface area contributed by atoms with Gasteiger partial charge in [0.2, 0.25) is 5.91 Å². The third kappa shape index (κ3) is 3.66. The molecular weight excluding hydrogens is 300 g/mol. The number of ether oxygens (including phenoxy) is 1. The lowest BCUT2D eigenvalue weighted by Gasteiger charge is -2.39. The molecule has 2 aromatic rings. The molecule has 0 saturated carbocycles. The van der Waals surface area contributed by atoms with E-state index >= 15 is 0 Å². The first-order chi connectivity index (χ1) is 11.7. The predicted molar refractivity (Wildman–Crippen MR) is 94.6 cm³/mol. The number of nitrogens with one attached hydrogen (secondary N) is 1. The number of hydrogen-bond acceptors (Lipinski definition) is 3. The van der Waals surface area contributed by atoms with E-state index in [0.29, 0.717) is 6.54 Å². The zero-order valence-electron chi connectivity index (χ0n) is 13.8. The summed E-state index contributed by atoms with van der Waals surface area (Å²) in [6.45, 7) is 2.18. The Morgan fingerprint density at radius 3 is 2.21 bits per heavy atom. The van der Waals surface area contributed by atoms with Gasteiger partial charge in [0, 0.05) is 25.2 Å². The maximum absolute atomic E-state index is 11.9. The summed E-state index contributed by atoms with van der Waals surface area (Å²) in [5.74, 6) is -0.350. The van der Waals surface area contributed by atoms with E-state index in [1.807, 2.05) is 36.4 Å². The van der Waals surface area contributed by atoms with Gasteiger partial charge in [-0.2, -0.15) is 0 Å². The van der Waals surface area contributed by atoms with Gasteiger partial charge < -0.3 is 15.8 Å². The Balaban J connectivity index is 1.81. The van der Waals surface area contributed by atoms with Crippen LogP contribution in [-0.4, -0.2) is 25.7 Å². The predicted octanol–water partition coefficient (Wildman–Crippen LogP) is 2.55. The number of carbonyl (C=O) groups excluding carboxylic acids is 1. The van der Waals surface area contributed by atoms with Crippen LogP contribution in [0.1, 0.15) is 30.0 Å². The summed E-state index contributed by atoms with van der Waals surface area (Å²) in [6, 6.07) is 19.7. The van der Waals surface area contributed by atoms with Crippen molar-refractivity contribution < 1.29 is 9.53 Å². The van der Waals surface area contributed by atoms with Crippen LogP contribution in [0.15, 0.2) is 60.7 Å². The summed E-state index contributed by atoms with van der Waals surface area (Å²) >= 11 is 0. The van der Waals surface area contributed by atoms with Crippen molar-refractivity contribution in [3.05, 3.63) is 71.8 Å². The largest absolute Gasteiger partial charge is 0.381 e. The highest BCUT2D eigenvalue weighted by molar-refractivity contribution is 5.81. The first-order valence-electron chi connectivity index (χ1n) is 8.42. The summed E-state index contributed by atoms with van der Waals surface area (Å²) in [5.41, 5.74) is 7.81. The monoisotopic (exact) mass is 324 g/mol. The third-order valence-corrected chi connectivity index (χ3v) is 4.90. The van der Waals surface area contributed by atoms with Crippen LogP contribution in [-0.2, 0) is 14.9 Å². The molecule has 2 aromatic carbocycles. The highest BCUT2D eigenvalue weighted by Crippen LogP contribution is 2.34. The Hall–Kier alpha value is -2.17. The number of rotatable bonds is 6. The molecular formula is C20H24N2O2. The molecule has 0 aromatic heterocycles. The van der Waals surface area contributed by atoms with Crippen molar-refractivity contribution in [1.29, 1.82) is 0 Å². The van der Waals surface area contributed by atoms with E-state index in [1.165, 1.54) is 5.56 Å². The SMILES string of the molecule is NC(=O)C(NCC1(c2ccccc2)CCOCC1)c1ccccc1. The fraction of sp³-hybridized carbons (Fsp3) is 0.350. The fourth-order valence-electron chi connectivity index (χ4n) is 3.45. The third-order valence-electron chi connectivity index (χ3n) is 4.90. The van der Waals surface area contributed by atoms with Gasteiger partial charge in [-0.1, -0.05) is 60.7 Å². The van der Waals surface area contributed by atoms with E-state index in [0.717, 1.165) is 31.6 Å². The summed E-state index contributed by atoms with van der Waals surface area (Å²) < 4.78 is 5.57. The smallest absolute Gasteiger partial charge is 0.239 e. The van der Waals surface area contributed by atoms with E-state index < -0.39 is 6.04 Å². The van der Waals surface area contributed by atoms with E-state index in [-0.39, 0.29) is 11.3 Å². The molecule has 3 rings (SSSR count). The Labute approximate surface area is 143 Å². The molecule has 0 spiro atoms. The van der Waals surface area contributed by atoms with Crippen LogP contribution < -0.4 is 11.1 Å². The standard InChI is InChI=1S/C20H24N2O2/c21-19(23)18(16-7-3-1-4-8-16)22-15-20(11-13-24-14-12-20)17-9-5-2-6-10-17/h1-10,18,22H,11-15H2,(H2,21,23). The van der Waals surface area contributed by atoms with Crippen LogP contribution in [0.3, 0.4) is 0 Å².